The molecule has 1 saturated heterocycles. The molecule has 3 heterocycles. The molecule has 3 N–H and O–H groups in total. The lowest BCUT2D eigenvalue weighted by atomic mass is 10.2. The summed E-state index contributed by atoms with van der Waals surface area (Å²) in [5.74, 6) is 0.121. The number of fused-ring (bicyclic) bond motifs is 1. The summed E-state index contributed by atoms with van der Waals surface area (Å²) in [5, 5.41) is 13.7. The molecule has 8 heteroatoms. The van der Waals surface area contributed by atoms with E-state index in [1.807, 2.05) is 22.2 Å². The first-order valence-corrected chi connectivity index (χ1v) is 6.86. The first-order valence-electron chi connectivity index (χ1n) is 5.98. The lowest BCUT2D eigenvalue weighted by Crippen LogP contribution is -2.48. The summed E-state index contributed by atoms with van der Waals surface area (Å²) < 4.78 is 7.48. The number of morpholine rings is 1. The van der Waals surface area contributed by atoms with Crippen molar-refractivity contribution in [3.05, 3.63) is 23.5 Å². The third kappa shape index (κ3) is 2.55. The summed E-state index contributed by atoms with van der Waals surface area (Å²) in [5.41, 5.74) is 6.60. The molecule has 19 heavy (non-hydrogen) atoms. The second-order valence-electron chi connectivity index (χ2n) is 4.44. The van der Waals surface area contributed by atoms with Gasteiger partial charge in [-0.15, -0.1) is 11.3 Å². The van der Waals surface area contributed by atoms with Gasteiger partial charge >= 0.3 is 0 Å². The fraction of sp³-hybridized carbons (Fsp3) is 0.455. The third-order valence-electron chi connectivity index (χ3n) is 3.12. The number of thiazole rings is 1. The molecular weight excluding hydrogens is 266 g/mol. The minimum Gasteiger partial charge on any atom is -0.409 e. The van der Waals surface area contributed by atoms with Crippen molar-refractivity contribution in [3.8, 4) is 0 Å². The van der Waals surface area contributed by atoms with Crippen molar-refractivity contribution in [2.45, 2.75) is 12.6 Å². The molecule has 1 aliphatic rings. The molecule has 0 aliphatic carbocycles. The van der Waals surface area contributed by atoms with Gasteiger partial charge in [0, 0.05) is 37.4 Å². The van der Waals surface area contributed by atoms with Gasteiger partial charge in [0.15, 0.2) is 10.8 Å². The van der Waals surface area contributed by atoms with Gasteiger partial charge in [0.2, 0.25) is 0 Å². The standard InChI is InChI=1S/C11H15N5O2S/c12-10(14-17)9-7-15(1-3-18-9)5-8-6-16-2-4-19-11(16)13-8/h2,4,6,9,17H,1,3,5,7H2,(H2,12,14). The van der Waals surface area contributed by atoms with Gasteiger partial charge in [-0.05, 0) is 0 Å². The monoisotopic (exact) mass is 281 g/mol. The number of ether oxygens (including phenoxy) is 1. The Labute approximate surface area is 113 Å². The van der Waals surface area contributed by atoms with Crippen LogP contribution in [0.25, 0.3) is 4.96 Å². The van der Waals surface area contributed by atoms with Gasteiger partial charge in [-0.1, -0.05) is 5.16 Å². The fourth-order valence-electron chi connectivity index (χ4n) is 2.17. The number of imidazole rings is 1. The Kier molecular flexibility index (Phi) is 3.36. The normalized spacial score (nSPS) is 22.1. The summed E-state index contributed by atoms with van der Waals surface area (Å²) in [7, 11) is 0. The van der Waals surface area contributed by atoms with Crippen LogP contribution in [-0.2, 0) is 11.3 Å². The van der Waals surface area contributed by atoms with E-state index in [0.29, 0.717) is 13.2 Å². The van der Waals surface area contributed by atoms with Crippen LogP contribution in [0, 0.1) is 0 Å². The average molecular weight is 281 g/mol. The Hall–Kier alpha value is -1.64. The number of nitrogens with two attached hydrogens (primary N) is 1. The molecule has 1 fully saturated rings. The summed E-state index contributed by atoms with van der Waals surface area (Å²) in [4.78, 5) is 7.73. The molecule has 7 nitrogen and oxygen atoms in total. The van der Waals surface area contributed by atoms with Crippen molar-refractivity contribution in [2.75, 3.05) is 19.7 Å². The third-order valence-corrected chi connectivity index (χ3v) is 3.90. The van der Waals surface area contributed by atoms with E-state index in [1.165, 1.54) is 0 Å². The van der Waals surface area contributed by atoms with Gasteiger partial charge < -0.3 is 15.7 Å². The van der Waals surface area contributed by atoms with E-state index >= 15 is 0 Å². The number of hydrogen-bond donors (Lipinski definition) is 2. The van der Waals surface area contributed by atoms with Crippen molar-refractivity contribution >= 4 is 22.1 Å². The highest BCUT2D eigenvalue weighted by Crippen LogP contribution is 2.14. The Morgan fingerprint density at radius 1 is 1.68 bits per heavy atom. The molecule has 0 spiro atoms. The highest BCUT2D eigenvalue weighted by molar-refractivity contribution is 7.15. The van der Waals surface area contributed by atoms with Crippen LogP contribution in [0.5, 0.6) is 0 Å². The Morgan fingerprint density at radius 2 is 2.58 bits per heavy atom. The van der Waals surface area contributed by atoms with Gasteiger partial charge in [-0.25, -0.2) is 4.98 Å². The van der Waals surface area contributed by atoms with Crippen LogP contribution in [0.2, 0.25) is 0 Å². The minimum absolute atomic E-state index is 0.121. The molecule has 0 saturated carbocycles. The number of oxime groups is 1. The van der Waals surface area contributed by atoms with Crippen molar-refractivity contribution in [2.24, 2.45) is 10.9 Å². The number of nitrogens with zero attached hydrogens (tertiary/aromatic N) is 4. The molecule has 1 atom stereocenters. The van der Waals surface area contributed by atoms with Crippen molar-refractivity contribution in [1.29, 1.82) is 0 Å². The topological polar surface area (TPSA) is 88.4 Å². The number of rotatable bonds is 3. The first-order chi connectivity index (χ1) is 9.26. The maximum Gasteiger partial charge on any atom is 0.193 e. The van der Waals surface area contributed by atoms with Crippen molar-refractivity contribution < 1.29 is 9.94 Å². The molecule has 0 amide bonds. The van der Waals surface area contributed by atoms with Crippen LogP contribution in [0.15, 0.2) is 22.9 Å². The maximum atomic E-state index is 8.68. The zero-order valence-corrected chi connectivity index (χ0v) is 11.1. The summed E-state index contributed by atoms with van der Waals surface area (Å²) in [6.45, 7) is 2.75. The number of hydrogen-bond acceptors (Lipinski definition) is 6. The van der Waals surface area contributed by atoms with Crippen LogP contribution >= 0.6 is 11.3 Å². The smallest absolute Gasteiger partial charge is 0.193 e. The summed E-state index contributed by atoms with van der Waals surface area (Å²) in [6.07, 6.45) is 3.68. The molecule has 3 rings (SSSR count). The fourth-order valence-corrected chi connectivity index (χ4v) is 2.89. The van der Waals surface area contributed by atoms with E-state index in [0.717, 1.165) is 23.7 Å². The van der Waals surface area contributed by atoms with Gasteiger partial charge in [0.1, 0.15) is 6.10 Å². The van der Waals surface area contributed by atoms with Crippen LogP contribution in [0.4, 0.5) is 0 Å². The SMILES string of the molecule is N/C(=N/O)C1CN(Cc2cn3ccsc3n2)CCO1. The number of aromatic nitrogens is 2. The van der Waals surface area contributed by atoms with E-state index in [1.54, 1.807) is 11.3 Å². The molecule has 102 valence electrons. The van der Waals surface area contributed by atoms with Crippen LogP contribution in [-0.4, -0.2) is 51.1 Å². The van der Waals surface area contributed by atoms with Crippen molar-refractivity contribution in [3.63, 3.8) is 0 Å². The summed E-state index contributed by atoms with van der Waals surface area (Å²) in [6, 6.07) is 0. The highest BCUT2D eigenvalue weighted by atomic mass is 32.1. The van der Waals surface area contributed by atoms with E-state index in [2.05, 4.69) is 15.0 Å². The minimum atomic E-state index is -0.345. The van der Waals surface area contributed by atoms with Gasteiger partial charge in [-0.3, -0.25) is 9.30 Å². The lowest BCUT2D eigenvalue weighted by Gasteiger charge is -2.31. The predicted octanol–water partition coefficient (Wildman–Crippen LogP) is 0.343. The Balaban J connectivity index is 1.67. The van der Waals surface area contributed by atoms with Gasteiger partial charge in [-0.2, -0.15) is 0 Å². The second-order valence-corrected chi connectivity index (χ2v) is 5.32. The quantitative estimate of drug-likeness (QED) is 0.367. The molecule has 0 aromatic carbocycles. The van der Waals surface area contributed by atoms with E-state index in [4.69, 9.17) is 15.7 Å². The second kappa shape index (κ2) is 5.16. The lowest BCUT2D eigenvalue weighted by molar-refractivity contribution is 0.00103. The van der Waals surface area contributed by atoms with Gasteiger partial charge in [0.05, 0.1) is 12.3 Å². The zero-order chi connectivity index (χ0) is 13.2. The molecule has 0 bridgehead atoms. The largest absolute Gasteiger partial charge is 0.409 e. The van der Waals surface area contributed by atoms with Crippen LogP contribution in [0.3, 0.4) is 0 Å². The maximum absolute atomic E-state index is 8.68. The zero-order valence-electron chi connectivity index (χ0n) is 10.3. The predicted molar refractivity (Wildman–Crippen MR) is 71.5 cm³/mol. The van der Waals surface area contributed by atoms with Crippen LogP contribution < -0.4 is 5.73 Å². The molecular formula is C11H15N5O2S. The van der Waals surface area contributed by atoms with E-state index in [-0.39, 0.29) is 11.9 Å². The average Bonchev–Trinajstić information content (AvgIpc) is 2.99. The summed E-state index contributed by atoms with van der Waals surface area (Å²) >= 11 is 1.62. The van der Waals surface area contributed by atoms with E-state index < -0.39 is 0 Å². The molecule has 1 unspecified atom stereocenters. The Bertz CT molecular complexity index is 564. The van der Waals surface area contributed by atoms with E-state index in [9.17, 15) is 0 Å². The Morgan fingerprint density at radius 3 is 3.37 bits per heavy atom. The van der Waals surface area contributed by atoms with Gasteiger partial charge in [0.25, 0.3) is 0 Å². The molecule has 1 aliphatic heterocycles. The van der Waals surface area contributed by atoms with Crippen molar-refractivity contribution in [1.82, 2.24) is 14.3 Å². The first kappa shape index (κ1) is 12.4. The highest BCUT2D eigenvalue weighted by Gasteiger charge is 2.24. The molecule has 2 aromatic heterocycles. The van der Waals surface area contributed by atoms with Crippen LogP contribution in [0.1, 0.15) is 5.69 Å². The molecule has 0 radical (unpaired) electrons. The number of amidine groups is 1. The molecule has 2 aromatic rings.